The van der Waals surface area contributed by atoms with Crippen LogP contribution in [0.1, 0.15) is 25.1 Å². The van der Waals surface area contributed by atoms with E-state index in [1.54, 1.807) is 20.2 Å². The maximum atomic E-state index is 12.5. The van der Waals surface area contributed by atoms with Gasteiger partial charge in [-0.2, -0.15) is 4.31 Å². The van der Waals surface area contributed by atoms with Crippen LogP contribution in [0.15, 0.2) is 21.3 Å². The second-order valence-corrected chi connectivity index (χ2v) is 9.28. The maximum Gasteiger partial charge on any atom is 0.252 e. The number of nitrogens with zero attached hydrogens (tertiary/aromatic N) is 2. The molecule has 0 saturated heterocycles. The first kappa shape index (κ1) is 24.8. The molecule has 28 heavy (non-hydrogen) atoms. The maximum absolute atomic E-state index is 12.5. The smallest absolute Gasteiger partial charge is 0.252 e. The molecule has 0 aliphatic carbocycles. The number of nitrogens with one attached hydrogen (secondary N) is 2. The Hall–Kier alpha value is -1.20. The monoisotopic (exact) mass is 434 g/mol. The van der Waals surface area contributed by atoms with Crippen molar-refractivity contribution in [1.82, 2.24) is 14.9 Å². The molecule has 0 aromatic carbocycles. The van der Waals surface area contributed by atoms with Crippen LogP contribution >= 0.6 is 11.3 Å². The third-order valence-corrected chi connectivity index (χ3v) is 7.68. The Morgan fingerprint density at radius 2 is 1.86 bits per heavy atom. The lowest BCUT2D eigenvalue weighted by Gasteiger charge is -2.16. The van der Waals surface area contributed by atoms with Gasteiger partial charge in [0.1, 0.15) is 4.21 Å². The molecule has 0 atom stereocenters. The van der Waals surface area contributed by atoms with Crippen molar-refractivity contribution in [2.75, 3.05) is 60.2 Å². The largest absolute Gasteiger partial charge is 0.382 e. The van der Waals surface area contributed by atoms with E-state index in [9.17, 15) is 8.42 Å². The predicted octanol–water partition coefficient (Wildman–Crippen LogP) is 1.54. The third-order valence-electron chi connectivity index (χ3n) is 4.01. The fourth-order valence-electron chi connectivity index (χ4n) is 2.47. The van der Waals surface area contributed by atoms with Gasteiger partial charge in [-0.3, -0.25) is 4.99 Å². The van der Waals surface area contributed by atoms with Crippen molar-refractivity contribution in [1.29, 1.82) is 0 Å². The average molecular weight is 435 g/mol. The molecule has 0 spiro atoms. The SMILES string of the molecule is CCN(CC)S(=O)(=O)c1ccc(CCNC(=NC)NCCCOCCOC)s1. The molecule has 1 heterocycles. The fraction of sp³-hybridized carbons (Fsp3) is 0.722. The zero-order valence-electron chi connectivity index (χ0n) is 17.4. The summed E-state index contributed by atoms with van der Waals surface area (Å²) in [6, 6.07) is 3.58. The molecule has 0 fully saturated rings. The van der Waals surface area contributed by atoms with E-state index < -0.39 is 10.0 Å². The van der Waals surface area contributed by atoms with Gasteiger partial charge in [0.05, 0.1) is 13.2 Å². The Bertz CT molecular complexity index is 673. The van der Waals surface area contributed by atoms with Crippen LogP contribution in [0.2, 0.25) is 0 Å². The molecule has 1 rings (SSSR count). The normalized spacial score (nSPS) is 12.5. The summed E-state index contributed by atoms with van der Waals surface area (Å²) < 4.78 is 37.3. The van der Waals surface area contributed by atoms with Gasteiger partial charge in [-0.1, -0.05) is 13.8 Å². The summed E-state index contributed by atoms with van der Waals surface area (Å²) in [6.07, 6.45) is 1.61. The van der Waals surface area contributed by atoms with Crippen molar-refractivity contribution >= 4 is 27.3 Å². The van der Waals surface area contributed by atoms with Gasteiger partial charge in [0.25, 0.3) is 10.0 Å². The van der Waals surface area contributed by atoms with Crippen LogP contribution in [0, 0.1) is 0 Å². The molecule has 2 N–H and O–H groups in total. The molecule has 0 aliphatic heterocycles. The molecule has 0 saturated carbocycles. The molecular weight excluding hydrogens is 400 g/mol. The number of hydrogen-bond acceptors (Lipinski definition) is 6. The van der Waals surface area contributed by atoms with E-state index in [4.69, 9.17) is 9.47 Å². The van der Waals surface area contributed by atoms with E-state index in [1.165, 1.54) is 15.6 Å². The summed E-state index contributed by atoms with van der Waals surface area (Å²) in [5.41, 5.74) is 0. The summed E-state index contributed by atoms with van der Waals surface area (Å²) in [5.74, 6) is 0.726. The molecule has 0 radical (unpaired) electrons. The van der Waals surface area contributed by atoms with Crippen LogP contribution in [0.25, 0.3) is 0 Å². The van der Waals surface area contributed by atoms with E-state index in [-0.39, 0.29) is 0 Å². The van der Waals surface area contributed by atoms with Crippen molar-refractivity contribution in [3.63, 3.8) is 0 Å². The van der Waals surface area contributed by atoms with E-state index >= 15 is 0 Å². The Morgan fingerprint density at radius 1 is 1.14 bits per heavy atom. The highest BCUT2D eigenvalue weighted by Crippen LogP contribution is 2.25. The summed E-state index contributed by atoms with van der Waals surface area (Å²) in [5, 5.41) is 6.48. The van der Waals surface area contributed by atoms with Gasteiger partial charge in [0.15, 0.2) is 5.96 Å². The van der Waals surface area contributed by atoms with Crippen LogP contribution in [0.5, 0.6) is 0 Å². The summed E-state index contributed by atoms with van der Waals surface area (Å²) in [4.78, 5) is 5.22. The summed E-state index contributed by atoms with van der Waals surface area (Å²) >= 11 is 1.33. The van der Waals surface area contributed by atoms with Gasteiger partial charge in [-0.15, -0.1) is 11.3 Å². The quantitative estimate of drug-likeness (QED) is 0.262. The Kier molecular flexibility index (Phi) is 12.3. The number of ether oxygens (including phenoxy) is 2. The van der Waals surface area contributed by atoms with E-state index in [0.717, 1.165) is 30.2 Å². The minimum atomic E-state index is -3.37. The molecule has 0 aliphatic rings. The highest BCUT2D eigenvalue weighted by Gasteiger charge is 2.23. The Morgan fingerprint density at radius 3 is 2.50 bits per heavy atom. The topological polar surface area (TPSA) is 92.3 Å². The van der Waals surface area contributed by atoms with E-state index in [0.29, 0.717) is 43.7 Å². The highest BCUT2D eigenvalue weighted by molar-refractivity contribution is 7.91. The second-order valence-electron chi connectivity index (χ2n) is 5.94. The van der Waals surface area contributed by atoms with E-state index in [2.05, 4.69) is 15.6 Å². The van der Waals surface area contributed by atoms with Crippen molar-refractivity contribution in [2.24, 2.45) is 4.99 Å². The zero-order valence-corrected chi connectivity index (χ0v) is 19.0. The number of sulfonamides is 1. The predicted molar refractivity (Wildman–Crippen MR) is 115 cm³/mol. The van der Waals surface area contributed by atoms with E-state index in [1.807, 2.05) is 19.9 Å². The molecule has 162 valence electrons. The van der Waals surface area contributed by atoms with Gasteiger partial charge in [-0.25, -0.2) is 8.42 Å². The number of methoxy groups -OCH3 is 1. The first-order chi connectivity index (χ1) is 13.5. The van der Waals surface area contributed by atoms with Gasteiger partial charge < -0.3 is 20.1 Å². The van der Waals surface area contributed by atoms with Crippen molar-refractivity contribution in [3.05, 3.63) is 17.0 Å². The third kappa shape index (κ3) is 8.44. The molecule has 1 aromatic heterocycles. The average Bonchev–Trinajstić information content (AvgIpc) is 3.16. The lowest BCUT2D eigenvalue weighted by molar-refractivity contribution is 0.0698. The van der Waals surface area contributed by atoms with Crippen LogP contribution in [-0.4, -0.2) is 78.8 Å². The minimum absolute atomic E-state index is 0.405. The highest BCUT2D eigenvalue weighted by atomic mass is 32.2. The Labute approximate surface area is 173 Å². The number of aliphatic imine (C=N–C) groups is 1. The lowest BCUT2D eigenvalue weighted by Crippen LogP contribution is -2.38. The Balaban J connectivity index is 2.36. The zero-order chi connectivity index (χ0) is 20.8. The van der Waals surface area contributed by atoms with Crippen molar-refractivity contribution < 1.29 is 17.9 Å². The minimum Gasteiger partial charge on any atom is -0.382 e. The van der Waals surface area contributed by atoms with Gasteiger partial charge in [-0.05, 0) is 25.0 Å². The van der Waals surface area contributed by atoms with Crippen LogP contribution in [0.4, 0.5) is 0 Å². The fourth-order valence-corrected chi connectivity index (χ4v) is 5.44. The van der Waals surface area contributed by atoms with Crippen molar-refractivity contribution in [2.45, 2.75) is 30.9 Å². The number of hydrogen-bond donors (Lipinski definition) is 2. The molecular formula is C18H34N4O4S2. The van der Waals surface area contributed by atoms with Crippen molar-refractivity contribution in [3.8, 4) is 0 Å². The number of thiophene rings is 1. The summed E-state index contributed by atoms with van der Waals surface area (Å²) in [7, 11) is 0.00656. The van der Waals surface area contributed by atoms with Gasteiger partial charge in [0.2, 0.25) is 0 Å². The molecule has 0 bridgehead atoms. The first-order valence-corrected chi connectivity index (χ1v) is 11.8. The molecule has 8 nitrogen and oxygen atoms in total. The lowest BCUT2D eigenvalue weighted by atomic mass is 10.3. The molecule has 10 heteroatoms. The van der Waals surface area contributed by atoms with Gasteiger partial charge in [0, 0.05) is 51.8 Å². The number of guanidine groups is 1. The second kappa shape index (κ2) is 13.9. The number of rotatable bonds is 14. The molecule has 0 unspecified atom stereocenters. The van der Waals surface area contributed by atoms with Crippen LogP contribution in [0.3, 0.4) is 0 Å². The summed E-state index contributed by atoms with van der Waals surface area (Å²) in [6.45, 7) is 7.99. The standard InChI is InChI=1S/C18H34N4O4S2/c1-5-22(6-2)28(23,24)17-9-8-16(27-17)10-12-21-18(19-3)20-11-7-13-26-15-14-25-4/h8-9H,5-7,10-15H2,1-4H3,(H2,19,20,21). The first-order valence-electron chi connectivity index (χ1n) is 9.59. The molecule has 1 aromatic rings. The molecule has 0 amide bonds. The van der Waals surface area contributed by atoms with Crippen LogP contribution in [-0.2, 0) is 25.9 Å². The van der Waals surface area contributed by atoms with Gasteiger partial charge >= 0.3 is 0 Å². The van der Waals surface area contributed by atoms with Crippen LogP contribution < -0.4 is 10.6 Å².